The summed E-state index contributed by atoms with van der Waals surface area (Å²) in [5.74, 6) is 0.657. The Kier molecular flexibility index (Phi) is 3.59. The second-order valence-corrected chi connectivity index (χ2v) is 4.69. The van der Waals surface area contributed by atoms with Crippen molar-refractivity contribution in [2.75, 3.05) is 31.7 Å². The van der Waals surface area contributed by atoms with Crippen molar-refractivity contribution in [1.82, 2.24) is 9.97 Å². The first kappa shape index (κ1) is 12.3. The van der Waals surface area contributed by atoms with E-state index in [4.69, 9.17) is 4.74 Å². The Morgan fingerprint density at radius 3 is 2.82 bits per heavy atom. The van der Waals surface area contributed by atoms with Crippen LogP contribution in [-0.4, -0.2) is 47.5 Å². The molecule has 0 atom stereocenters. The highest BCUT2D eigenvalue weighted by atomic mass is 16.5. The van der Waals surface area contributed by atoms with Crippen LogP contribution < -0.4 is 4.90 Å². The molecule has 17 heavy (non-hydrogen) atoms. The van der Waals surface area contributed by atoms with Crippen molar-refractivity contribution in [3.8, 4) is 0 Å². The topological polar surface area (TPSA) is 58.5 Å². The van der Waals surface area contributed by atoms with Gasteiger partial charge < -0.3 is 14.7 Å². The molecule has 0 spiro atoms. The van der Waals surface area contributed by atoms with Crippen molar-refractivity contribution < 1.29 is 9.84 Å². The Hall–Kier alpha value is -1.20. The fourth-order valence-corrected chi connectivity index (χ4v) is 2.04. The lowest BCUT2D eigenvalue weighted by molar-refractivity contribution is -0.0574. The zero-order valence-corrected chi connectivity index (χ0v) is 10.4. The van der Waals surface area contributed by atoms with Gasteiger partial charge in [-0.3, -0.25) is 0 Å². The molecule has 1 aromatic rings. The standard InChI is InChI=1S/C12H19N3O2/c1-10-3-6-13-11(14-10)15(2)9-12(16)4-7-17-8-5-12/h3,6,16H,4-5,7-9H2,1-2H3. The average Bonchev–Trinajstić information content (AvgIpc) is 2.29. The van der Waals surface area contributed by atoms with E-state index in [9.17, 15) is 5.11 Å². The molecule has 0 bridgehead atoms. The number of nitrogens with zero attached hydrogens (tertiary/aromatic N) is 3. The van der Waals surface area contributed by atoms with Gasteiger partial charge >= 0.3 is 0 Å². The highest BCUT2D eigenvalue weighted by Crippen LogP contribution is 2.22. The van der Waals surface area contributed by atoms with Crippen LogP contribution in [0, 0.1) is 6.92 Å². The molecule has 2 rings (SSSR count). The summed E-state index contributed by atoms with van der Waals surface area (Å²) in [5, 5.41) is 10.4. The second kappa shape index (κ2) is 4.98. The zero-order chi connectivity index (χ0) is 12.3. The van der Waals surface area contributed by atoms with Gasteiger partial charge in [0.2, 0.25) is 5.95 Å². The third-order valence-electron chi connectivity index (χ3n) is 3.08. The van der Waals surface area contributed by atoms with Gasteiger partial charge in [-0.05, 0) is 13.0 Å². The van der Waals surface area contributed by atoms with Gasteiger partial charge in [-0.2, -0.15) is 0 Å². The Morgan fingerprint density at radius 2 is 2.18 bits per heavy atom. The maximum absolute atomic E-state index is 10.4. The summed E-state index contributed by atoms with van der Waals surface area (Å²) in [6, 6.07) is 1.86. The molecule has 0 aliphatic carbocycles. The summed E-state index contributed by atoms with van der Waals surface area (Å²) in [4.78, 5) is 10.5. The molecule has 1 aromatic heterocycles. The minimum atomic E-state index is -0.680. The Labute approximate surface area is 101 Å². The van der Waals surface area contributed by atoms with Crippen LogP contribution in [0.3, 0.4) is 0 Å². The van der Waals surface area contributed by atoms with Crippen LogP contribution in [0.15, 0.2) is 12.3 Å². The Balaban J connectivity index is 2.03. The fraction of sp³-hybridized carbons (Fsp3) is 0.667. The summed E-state index contributed by atoms with van der Waals surface area (Å²) < 4.78 is 5.26. The van der Waals surface area contributed by atoms with Gasteiger partial charge in [-0.15, -0.1) is 0 Å². The number of hydrogen-bond acceptors (Lipinski definition) is 5. The van der Waals surface area contributed by atoms with E-state index in [1.807, 2.05) is 24.9 Å². The molecule has 1 N–H and O–H groups in total. The summed E-state index contributed by atoms with van der Waals surface area (Å²) in [7, 11) is 1.90. The van der Waals surface area contributed by atoms with Gasteiger partial charge in [0, 0.05) is 51.5 Å². The highest BCUT2D eigenvalue weighted by molar-refractivity contribution is 5.29. The molecule has 0 saturated carbocycles. The van der Waals surface area contributed by atoms with Crippen molar-refractivity contribution in [1.29, 1.82) is 0 Å². The predicted octanol–water partition coefficient (Wildman–Crippen LogP) is 0.763. The van der Waals surface area contributed by atoms with E-state index in [1.165, 1.54) is 0 Å². The molecule has 2 heterocycles. The van der Waals surface area contributed by atoms with Crippen LogP contribution >= 0.6 is 0 Å². The molecule has 0 aromatic carbocycles. The number of likely N-dealkylation sites (N-methyl/N-ethyl adjacent to an activating group) is 1. The number of aromatic nitrogens is 2. The van der Waals surface area contributed by atoms with Gasteiger partial charge in [0.05, 0.1) is 5.60 Å². The third-order valence-corrected chi connectivity index (χ3v) is 3.08. The van der Waals surface area contributed by atoms with Crippen LogP contribution in [0.5, 0.6) is 0 Å². The van der Waals surface area contributed by atoms with E-state index in [0.717, 1.165) is 5.69 Å². The molecule has 1 aliphatic heterocycles. The maximum atomic E-state index is 10.4. The third kappa shape index (κ3) is 3.14. The van der Waals surface area contributed by atoms with E-state index in [0.29, 0.717) is 38.5 Å². The normalized spacial score (nSPS) is 19.0. The van der Waals surface area contributed by atoms with Crippen molar-refractivity contribution in [3.05, 3.63) is 18.0 Å². The van der Waals surface area contributed by atoms with Crippen molar-refractivity contribution in [2.45, 2.75) is 25.4 Å². The minimum absolute atomic E-state index is 0.541. The lowest BCUT2D eigenvalue weighted by Gasteiger charge is -2.35. The maximum Gasteiger partial charge on any atom is 0.225 e. The molecule has 5 nitrogen and oxygen atoms in total. The van der Waals surface area contributed by atoms with Crippen LogP contribution in [0.1, 0.15) is 18.5 Å². The van der Waals surface area contributed by atoms with Gasteiger partial charge in [0.1, 0.15) is 0 Å². The largest absolute Gasteiger partial charge is 0.388 e. The molecule has 94 valence electrons. The number of aryl methyl sites for hydroxylation is 1. The molecule has 1 saturated heterocycles. The van der Waals surface area contributed by atoms with Gasteiger partial charge in [-0.1, -0.05) is 0 Å². The molecular formula is C12H19N3O2. The van der Waals surface area contributed by atoms with Crippen LogP contribution in [0.25, 0.3) is 0 Å². The van der Waals surface area contributed by atoms with Crippen molar-refractivity contribution >= 4 is 5.95 Å². The Morgan fingerprint density at radius 1 is 1.47 bits per heavy atom. The number of anilines is 1. The number of aliphatic hydroxyl groups is 1. The molecule has 1 aliphatic rings. The first-order valence-electron chi connectivity index (χ1n) is 5.90. The quantitative estimate of drug-likeness (QED) is 0.841. The minimum Gasteiger partial charge on any atom is -0.388 e. The lowest BCUT2D eigenvalue weighted by Crippen LogP contribution is -2.46. The van der Waals surface area contributed by atoms with Crippen molar-refractivity contribution in [3.63, 3.8) is 0 Å². The van der Waals surface area contributed by atoms with Gasteiger partial charge in [0.25, 0.3) is 0 Å². The summed E-state index contributed by atoms with van der Waals surface area (Å²) in [6.07, 6.45) is 3.08. The first-order chi connectivity index (χ1) is 8.09. The number of ether oxygens (including phenoxy) is 1. The summed E-state index contributed by atoms with van der Waals surface area (Å²) in [6.45, 7) is 3.72. The van der Waals surface area contributed by atoms with Crippen molar-refractivity contribution in [2.24, 2.45) is 0 Å². The molecule has 5 heteroatoms. The Bertz CT molecular complexity index is 378. The first-order valence-corrected chi connectivity index (χ1v) is 5.90. The SMILES string of the molecule is Cc1ccnc(N(C)CC2(O)CCOCC2)n1. The predicted molar refractivity (Wildman–Crippen MR) is 65.0 cm³/mol. The van der Waals surface area contributed by atoms with E-state index >= 15 is 0 Å². The van der Waals surface area contributed by atoms with E-state index in [-0.39, 0.29) is 0 Å². The van der Waals surface area contributed by atoms with Crippen LogP contribution in [0.2, 0.25) is 0 Å². The summed E-state index contributed by atoms with van der Waals surface area (Å²) >= 11 is 0. The molecule has 0 radical (unpaired) electrons. The van der Waals surface area contributed by atoms with E-state index < -0.39 is 5.60 Å². The lowest BCUT2D eigenvalue weighted by atomic mass is 9.94. The zero-order valence-electron chi connectivity index (χ0n) is 10.4. The van der Waals surface area contributed by atoms with E-state index in [2.05, 4.69) is 9.97 Å². The van der Waals surface area contributed by atoms with E-state index in [1.54, 1.807) is 6.20 Å². The van der Waals surface area contributed by atoms with Gasteiger partial charge in [-0.25, -0.2) is 9.97 Å². The average molecular weight is 237 g/mol. The number of rotatable bonds is 3. The highest BCUT2D eigenvalue weighted by Gasteiger charge is 2.31. The molecular weight excluding hydrogens is 218 g/mol. The molecule has 1 fully saturated rings. The van der Waals surface area contributed by atoms with Crippen LogP contribution in [-0.2, 0) is 4.74 Å². The molecule has 0 unspecified atom stereocenters. The fourth-order valence-electron chi connectivity index (χ4n) is 2.04. The monoisotopic (exact) mass is 237 g/mol. The second-order valence-electron chi connectivity index (χ2n) is 4.69. The van der Waals surface area contributed by atoms with Gasteiger partial charge in [0.15, 0.2) is 0 Å². The molecule has 0 amide bonds. The van der Waals surface area contributed by atoms with Crippen LogP contribution in [0.4, 0.5) is 5.95 Å². The summed E-state index contributed by atoms with van der Waals surface area (Å²) in [5.41, 5.74) is 0.251. The number of hydrogen-bond donors (Lipinski definition) is 1. The smallest absolute Gasteiger partial charge is 0.225 e.